The number of rotatable bonds is 6. The van der Waals surface area contributed by atoms with Gasteiger partial charge in [0.25, 0.3) is 0 Å². The van der Waals surface area contributed by atoms with Crippen molar-refractivity contribution in [1.82, 2.24) is 5.32 Å². The smallest absolute Gasteiger partial charge is 0.414 e. The second-order valence-corrected chi connectivity index (χ2v) is 8.08. The maximum Gasteiger partial charge on any atom is 0.414 e. The molecule has 2 saturated heterocycles. The van der Waals surface area contributed by atoms with Crippen molar-refractivity contribution in [2.45, 2.75) is 6.10 Å². The van der Waals surface area contributed by atoms with E-state index in [1.807, 2.05) is 29.2 Å². The van der Waals surface area contributed by atoms with Crippen molar-refractivity contribution < 1.29 is 18.7 Å². The number of nitrogens with one attached hydrogen (secondary N) is 1. The summed E-state index contributed by atoms with van der Waals surface area (Å²) in [5, 5.41) is 2.92. The van der Waals surface area contributed by atoms with Gasteiger partial charge in [-0.3, -0.25) is 4.90 Å². The number of carbonyl (C=O) groups is 1. The molecule has 1 atom stereocenters. The van der Waals surface area contributed by atoms with Crippen molar-refractivity contribution in [3.05, 3.63) is 48.3 Å². The summed E-state index contributed by atoms with van der Waals surface area (Å²) in [4.78, 5) is 17.9. The fourth-order valence-corrected chi connectivity index (χ4v) is 4.14. The monoisotopic (exact) mass is 459 g/mol. The number of amides is 1. The second-order valence-electron chi connectivity index (χ2n) is 7.64. The molecule has 2 heterocycles. The van der Waals surface area contributed by atoms with Gasteiger partial charge in [-0.15, -0.1) is 0 Å². The number of nitrogens with two attached hydrogens (primary N) is 1. The van der Waals surface area contributed by atoms with Crippen molar-refractivity contribution in [2.75, 3.05) is 61.1 Å². The van der Waals surface area contributed by atoms with Gasteiger partial charge in [-0.1, -0.05) is 12.1 Å². The molecule has 2 aromatic carbocycles. The fraction of sp³-hybridized carbons (Fsp3) is 0.364. The van der Waals surface area contributed by atoms with Crippen LogP contribution in [0.25, 0.3) is 0 Å². The first-order chi connectivity index (χ1) is 15.5. The molecule has 0 radical (unpaired) electrons. The molecule has 0 aliphatic carbocycles. The summed E-state index contributed by atoms with van der Waals surface area (Å²) in [5.74, 6) is 0.460. The first-order valence-electron chi connectivity index (χ1n) is 10.4. The van der Waals surface area contributed by atoms with Gasteiger partial charge in [-0.2, -0.15) is 0 Å². The molecule has 2 aliphatic rings. The molecule has 0 bridgehead atoms. The number of benzene rings is 2. The second kappa shape index (κ2) is 9.47. The van der Waals surface area contributed by atoms with E-state index in [-0.39, 0.29) is 10.9 Å². The Bertz CT molecular complexity index is 999. The van der Waals surface area contributed by atoms with Crippen LogP contribution in [0, 0.1) is 5.82 Å². The molecule has 8 nitrogen and oxygen atoms in total. The van der Waals surface area contributed by atoms with Crippen LogP contribution in [0.4, 0.5) is 26.2 Å². The molecule has 170 valence electrons. The van der Waals surface area contributed by atoms with E-state index in [1.165, 1.54) is 11.0 Å². The number of piperazine rings is 1. The van der Waals surface area contributed by atoms with Gasteiger partial charge in [0.15, 0.2) is 5.11 Å². The molecule has 2 fully saturated rings. The molecule has 4 rings (SSSR count). The highest BCUT2D eigenvalue weighted by molar-refractivity contribution is 7.80. The summed E-state index contributed by atoms with van der Waals surface area (Å²) in [6.07, 6.45) is -0.924. The number of thiocarbonyl (C=S) groups is 1. The summed E-state index contributed by atoms with van der Waals surface area (Å²) in [6, 6.07) is 12.7. The quantitative estimate of drug-likeness (QED) is 0.637. The highest BCUT2D eigenvalue weighted by Gasteiger charge is 2.33. The van der Waals surface area contributed by atoms with Crippen LogP contribution in [0.1, 0.15) is 0 Å². The third-order valence-electron chi connectivity index (χ3n) is 5.67. The van der Waals surface area contributed by atoms with Gasteiger partial charge in [0.2, 0.25) is 0 Å². The molecular formula is C22H26FN5O3S. The van der Waals surface area contributed by atoms with E-state index in [4.69, 9.17) is 27.4 Å². The normalized spacial score (nSPS) is 18.5. The summed E-state index contributed by atoms with van der Waals surface area (Å²) in [5.41, 5.74) is 7.44. The maximum atomic E-state index is 15.0. The summed E-state index contributed by atoms with van der Waals surface area (Å²) in [6.45, 7) is 3.45. The summed E-state index contributed by atoms with van der Waals surface area (Å²) in [7, 11) is 1.66. The van der Waals surface area contributed by atoms with Crippen LogP contribution in [0.5, 0.6) is 5.75 Å². The first kappa shape index (κ1) is 21.9. The number of anilines is 3. The van der Waals surface area contributed by atoms with E-state index in [0.29, 0.717) is 37.6 Å². The minimum atomic E-state index is -0.516. The Morgan fingerprint density at radius 1 is 1.19 bits per heavy atom. The third kappa shape index (κ3) is 4.64. The lowest BCUT2D eigenvalue weighted by molar-refractivity contribution is 0.143. The minimum absolute atomic E-state index is 0.140. The number of halogens is 1. The summed E-state index contributed by atoms with van der Waals surface area (Å²) >= 11 is 4.77. The molecule has 10 heteroatoms. The Morgan fingerprint density at radius 2 is 1.88 bits per heavy atom. The number of hydrogen-bond acceptors (Lipinski definition) is 6. The molecule has 2 aromatic rings. The van der Waals surface area contributed by atoms with E-state index in [1.54, 1.807) is 19.2 Å². The molecule has 2 aliphatic heterocycles. The number of methoxy groups -OCH3 is 1. The van der Waals surface area contributed by atoms with E-state index < -0.39 is 12.2 Å². The number of para-hydroxylation sites is 2. The molecule has 0 spiro atoms. The Kier molecular flexibility index (Phi) is 6.50. The van der Waals surface area contributed by atoms with Crippen molar-refractivity contribution in [2.24, 2.45) is 5.73 Å². The Hall–Kier alpha value is -3.27. The van der Waals surface area contributed by atoms with Crippen LogP contribution in [0.2, 0.25) is 0 Å². The molecule has 3 N–H and O–H groups in total. The fourth-order valence-electron chi connectivity index (χ4n) is 4.05. The first-order valence-corrected chi connectivity index (χ1v) is 10.8. The molecule has 0 unspecified atom stereocenters. The number of ether oxygens (including phenoxy) is 2. The Labute approximate surface area is 191 Å². The zero-order valence-electron chi connectivity index (χ0n) is 17.8. The molecular weight excluding hydrogens is 433 g/mol. The van der Waals surface area contributed by atoms with Gasteiger partial charge in [0, 0.05) is 26.2 Å². The van der Waals surface area contributed by atoms with E-state index in [9.17, 15) is 4.79 Å². The van der Waals surface area contributed by atoms with Gasteiger partial charge < -0.3 is 30.3 Å². The predicted molar refractivity (Wildman–Crippen MR) is 126 cm³/mol. The van der Waals surface area contributed by atoms with Crippen molar-refractivity contribution in [3.63, 3.8) is 0 Å². The lowest BCUT2D eigenvalue weighted by atomic mass is 10.2. The standard InChI is InChI=1S/C22H26FN5O3S/c1-30-20-5-3-2-4-19(20)27-10-8-26(9-11-27)18-7-6-15(12-17(18)23)28-14-16(31-22(28)29)13-25-21(24)32/h2-7,12,16H,8-11,13-14H2,1H3,(H3,24,25,32)/t16-/m0/s1. The zero-order chi connectivity index (χ0) is 22.7. The van der Waals surface area contributed by atoms with Gasteiger partial charge >= 0.3 is 6.09 Å². The number of carbonyl (C=O) groups excluding carboxylic acids is 1. The van der Waals surface area contributed by atoms with Crippen LogP contribution in [-0.2, 0) is 4.74 Å². The van der Waals surface area contributed by atoms with Gasteiger partial charge in [-0.25, -0.2) is 9.18 Å². The van der Waals surface area contributed by atoms with Crippen LogP contribution >= 0.6 is 12.2 Å². The summed E-state index contributed by atoms with van der Waals surface area (Å²) < 4.78 is 25.8. The SMILES string of the molecule is COc1ccccc1N1CCN(c2ccc(N3C[C@H](CNC(N)=S)OC3=O)cc2F)CC1. The molecule has 0 aromatic heterocycles. The largest absolute Gasteiger partial charge is 0.495 e. The van der Waals surface area contributed by atoms with Crippen LogP contribution in [-0.4, -0.2) is 63.7 Å². The third-order valence-corrected chi connectivity index (χ3v) is 5.81. The average molecular weight is 460 g/mol. The number of nitrogens with zero attached hydrogens (tertiary/aromatic N) is 3. The van der Waals surface area contributed by atoms with E-state index >= 15 is 4.39 Å². The molecule has 32 heavy (non-hydrogen) atoms. The van der Waals surface area contributed by atoms with Gasteiger partial charge in [0.1, 0.15) is 17.7 Å². The van der Waals surface area contributed by atoms with Crippen molar-refractivity contribution in [1.29, 1.82) is 0 Å². The highest BCUT2D eigenvalue weighted by Crippen LogP contribution is 2.31. The van der Waals surface area contributed by atoms with E-state index in [0.717, 1.165) is 24.5 Å². The van der Waals surface area contributed by atoms with Crippen molar-refractivity contribution in [3.8, 4) is 5.75 Å². The highest BCUT2D eigenvalue weighted by atomic mass is 32.1. The van der Waals surface area contributed by atoms with Gasteiger partial charge in [0.05, 0.1) is 37.3 Å². The minimum Gasteiger partial charge on any atom is -0.495 e. The topological polar surface area (TPSA) is 83.3 Å². The Balaban J connectivity index is 1.40. The van der Waals surface area contributed by atoms with Crippen LogP contribution < -0.4 is 30.5 Å². The average Bonchev–Trinajstić information content (AvgIpc) is 3.18. The van der Waals surface area contributed by atoms with Crippen molar-refractivity contribution >= 4 is 40.5 Å². The van der Waals surface area contributed by atoms with Gasteiger partial charge in [-0.05, 0) is 42.5 Å². The molecule has 1 amide bonds. The van der Waals surface area contributed by atoms with E-state index in [2.05, 4.69) is 10.2 Å². The predicted octanol–water partition coefficient (Wildman–Crippen LogP) is 2.32. The molecule has 0 saturated carbocycles. The lowest BCUT2D eigenvalue weighted by Crippen LogP contribution is -2.47. The maximum absolute atomic E-state index is 15.0. The van der Waals surface area contributed by atoms with Crippen LogP contribution in [0.15, 0.2) is 42.5 Å². The van der Waals surface area contributed by atoms with Crippen LogP contribution in [0.3, 0.4) is 0 Å². The zero-order valence-corrected chi connectivity index (χ0v) is 18.6. The number of cyclic esters (lactones) is 1. The lowest BCUT2D eigenvalue weighted by Gasteiger charge is -2.38. The number of hydrogen-bond donors (Lipinski definition) is 2. The Morgan fingerprint density at radius 3 is 2.53 bits per heavy atom.